The Labute approximate surface area is 128 Å². The lowest BCUT2D eigenvalue weighted by Gasteiger charge is -2.20. The van der Waals surface area contributed by atoms with Gasteiger partial charge >= 0.3 is 0 Å². The number of aromatic nitrogens is 2. The molecule has 0 bridgehead atoms. The van der Waals surface area contributed by atoms with E-state index in [0.29, 0.717) is 0 Å². The Bertz CT molecular complexity index is 370. The van der Waals surface area contributed by atoms with Crippen molar-refractivity contribution in [1.82, 2.24) is 15.5 Å². The SMILES string of the molecule is CCCNC1CCCC1CCSc1nnc(SC)s1. The third-order valence-electron chi connectivity index (χ3n) is 3.59. The van der Waals surface area contributed by atoms with Gasteiger partial charge in [-0.25, -0.2) is 0 Å². The van der Waals surface area contributed by atoms with E-state index >= 15 is 0 Å². The fourth-order valence-electron chi connectivity index (χ4n) is 2.62. The molecule has 2 unspecified atom stereocenters. The minimum absolute atomic E-state index is 0.761. The zero-order valence-corrected chi connectivity index (χ0v) is 14.2. The van der Waals surface area contributed by atoms with E-state index in [9.17, 15) is 0 Å². The van der Waals surface area contributed by atoms with Gasteiger partial charge in [0.05, 0.1) is 0 Å². The summed E-state index contributed by atoms with van der Waals surface area (Å²) >= 11 is 5.27. The molecule has 1 aliphatic rings. The van der Waals surface area contributed by atoms with Gasteiger partial charge in [0.25, 0.3) is 0 Å². The number of hydrogen-bond acceptors (Lipinski definition) is 6. The van der Waals surface area contributed by atoms with Gasteiger partial charge < -0.3 is 5.32 Å². The zero-order chi connectivity index (χ0) is 13.5. The second-order valence-corrected chi connectivity index (χ2v) is 8.30. The van der Waals surface area contributed by atoms with Crippen LogP contribution >= 0.6 is 34.9 Å². The van der Waals surface area contributed by atoms with Crippen LogP contribution in [0.3, 0.4) is 0 Å². The Morgan fingerprint density at radius 3 is 2.89 bits per heavy atom. The van der Waals surface area contributed by atoms with Crippen molar-refractivity contribution in [3.63, 3.8) is 0 Å². The Hall–Kier alpha value is 0.220. The number of rotatable bonds is 8. The molecule has 2 atom stereocenters. The summed E-state index contributed by atoms with van der Waals surface area (Å²) in [5.41, 5.74) is 0. The van der Waals surface area contributed by atoms with Crippen LogP contribution in [0.25, 0.3) is 0 Å². The fraction of sp³-hybridized carbons (Fsp3) is 0.846. The quantitative estimate of drug-likeness (QED) is 0.736. The lowest BCUT2D eigenvalue weighted by atomic mass is 10.0. The molecule has 0 saturated heterocycles. The summed E-state index contributed by atoms with van der Waals surface area (Å²) in [5.74, 6) is 2.05. The highest BCUT2D eigenvalue weighted by atomic mass is 32.2. The van der Waals surface area contributed by atoms with Gasteiger partial charge in [-0.15, -0.1) is 10.2 Å². The Kier molecular flexibility index (Phi) is 6.98. The summed E-state index contributed by atoms with van der Waals surface area (Å²) < 4.78 is 2.20. The molecule has 2 rings (SSSR count). The predicted octanol–water partition coefficient (Wildman–Crippen LogP) is 3.91. The van der Waals surface area contributed by atoms with E-state index in [1.807, 2.05) is 11.8 Å². The average molecular weight is 318 g/mol. The fourth-order valence-corrected chi connectivity index (χ4v) is 5.20. The molecule has 0 spiro atoms. The Balaban J connectivity index is 1.69. The first-order valence-electron chi connectivity index (χ1n) is 7.07. The highest BCUT2D eigenvalue weighted by Crippen LogP contribution is 2.32. The van der Waals surface area contributed by atoms with E-state index in [-0.39, 0.29) is 0 Å². The minimum Gasteiger partial charge on any atom is -0.314 e. The van der Waals surface area contributed by atoms with Crippen LogP contribution in [0.4, 0.5) is 0 Å². The van der Waals surface area contributed by atoms with E-state index < -0.39 is 0 Å². The molecule has 3 nitrogen and oxygen atoms in total. The summed E-state index contributed by atoms with van der Waals surface area (Å²) in [6, 6.07) is 0.761. The second-order valence-electron chi connectivity index (χ2n) is 4.93. The number of hydrogen-bond donors (Lipinski definition) is 1. The van der Waals surface area contributed by atoms with Gasteiger partial charge in [0, 0.05) is 11.8 Å². The first kappa shape index (κ1) is 15.6. The van der Waals surface area contributed by atoms with Crippen molar-refractivity contribution in [3.8, 4) is 0 Å². The van der Waals surface area contributed by atoms with Crippen molar-refractivity contribution in [2.45, 2.75) is 53.7 Å². The van der Waals surface area contributed by atoms with Gasteiger partial charge in [-0.05, 0) is 44.4 Å². The minimum atomic E-state index is 0.761. The third kappa shape index (κ3) is 4.92. The molecule has 0 radical (unpaired) electrons. The van der Waals surface area contributed by atoms with E-state index in [0.717, 1.165) is 20.6 Å². The third-order valence-corrected chi connectivity index (χ3v) is 6.66. The van der Waals surface area contributed by atoms with Gasteiger partial charge in [-0.2, -0.15) is 0 Å². The van der Waals surface area contributed by atoms with E-state index in [2.05, 4.69) is 28.7 Å². The van der Waals surface area contributed by atoms with Crippen LogP contribution in [-0.2, 0) is 0 Å². The molecule has 1 aromatic heterocycles. The predicted molar refractivity (Wildman–Crippen MR) is 86.5 cm³/mol. The highest BCUT2D eigenvalue weighted by molar-refractivity contribution is 8.02. The van der Waals surface area contributed by atoms with E-state index in [1.54, 1.807) is 23.1 Å². The first-order valence-corrected chi connectivity index (χ1v) is 10.1. The van der Waals surface area contributed by atoms with Crippen LogP contribution in [0.2, 0.25) is 0 Å². The normalized spacial score (nSPS) is 23.1. The maximum Gasteiger partial charge on any atom is 0.175 e. The molecule has 0 aliphatic heterocycles. The monoisotopic (exact) mass is 317 g/mol. The molecule has 1 heterocycles. The van der Waals surface area contributed by atoms with Crippen LogP contribution in [0.1, 0.15) is 39.0 Å². The van der Waals surface area contributed by atoms with Crippen LogP contribution in [0.5, 0.6) is 0 Å². The first-order chi connectivity index (χ1) is 9.33. The van der Waals surface area contributed by atoms with Crippen LogP contribution < -0.4 is 5.32 Å². The van der Waals surface area contributed by atoms with Gasteiger partial charge in [-0.3, -0.25) is 0 Å². The van der Waals surface area contributed by atoms with Crippen molar-refractivity contribution in [3.05, 3.63) is 0 Å². The number of nitrogens with zero attached hydrogens (tertiary/aromatic N) is 2. The van der Waals surface area contributed by atoms with Crippen molar-refractivity contribution in [2.24, 2.45) is 5.92 Å². The lowest BCUT2D eigenvalue weighted by molar-refractivity contribution is 0.393. The summed E-state index contributed by atoms with van der Waals surface area (Å²) in [6.07, 6.45) is 8.75. The summed E-state index contributed by atoms with van der Waals surface area (Å²) in [5, 5.41) is 12.1. The van der Waals surface area contributed by atoms with Crippen LogP contribution in [-0.4, -0.2) is 34.8 Å². The van der Waals surface area contributed by atoms with Gasteiger partial charge in [0.15, 0.2) is 8.68 Å². The smallest absolute Gasteiger partial charge is 0.175 e. The molecule has 1 N–H and O–H groups in total. The molecule has 1 aliphatic carbocycles. The number of thioether (sulfide) groups is 2. The molecule has 108 valence electrons. The second kappa shape index (κ2) is 8.49. The summed E-state index contributed by atoms with van der Waals surface area (Å²) in [4.78, 5) is 0. The molecule has 1 saturated carbocycles. The maximum absolute atomic E-state index is 4.21. The summed E-state index contributed by atoms with van der Waals surface area (Å²) in [6.45, 7) is 3.41. The number of nitrogens with one attached hydrogen (secondary N) is 1. The van der Waals surface area contributed by atoms with Crippen molar-refractivity contribution in [2.75, 3.05) is 18.6 Å². The molecule has 0 amide bonds. The molecule has 19 heavy (non-hydrogen) atoms. The lowest BCUT2D eigenvalue weighted by Crippen LogP contribution is -2.33. The van der Waals surface area contributed by atoms with Crippen LogP contribution in [0.15, 0.2) is 8.68 Å². The molecule has 1 fully saturated rings. The summed E-state index contributed by atoms with van der Waals surface area (Å²) in [7, 11) is 0. The molecular formula is C13H23N3S3. The molecule has 0 aromatic carbocycles. The van der Waals surface area contributed by atoms with Gasteiger partial charge in [0.1, 0.15) is 0 Å². The Morgan fingerprint density at radius 2 is 2.16 bits per heavy atom. The zero-order valence-electron chi connectivity index (χ0n) is 11.7. The van der Waals surface area contributed by atoms with E-state index in [1.165, 1.54) is 44.4 Å². The topological polar surface area (TPSA) is 37.8 Å². The van der Waals surface area contributed by atoms with Crippen LogP contribution in [0, 0.1) is 5.92 Å². The highest BCUT2D eigenvalue weighted by Gasteiger charge is 2.26. The van der Waals surface area contributed by atoms with Crippen molar-refractivity contribution in [1.29, 1.82) is 0 Å². The maximum atomic E-state index is 4.21. The van der Waals surface area contributed by atoms with E-state index in [4.69, 9.17) is 0 Å². The van der Waals surface area contributed by atoms with Gasteiger partial charge in [-0.1, -0.05) is 48.2 Å². The molecule has 1 aromatic rings. The molecule has 6 heteroatoms. The van der Waals surface area contributed by atoms with Gasteiger partial charge in [0.2, 0.25) is 0 Å². The average Bonchev–Trinajstić information content (AvgIpc) is 3.05. The van der Waals surface area contributed by atoms with Crippen molar-refractivity contribution < 1.29 is 0 Å². The standard InChI is InChI=1S/C13H23N3S3/c1-3-8-14-11-6-4-5-10(11)7-9-18-13-16-15-12(17-2)19-13/h10-11,14H,3-9H2,1-2H3. The largest absolute Gasteiger partial charge is 0.314 e. The Morgan fingerprint density at radius 1 is 1.32 bits per heavy atom. The van der Waals surface area contributed by atoms with Crippen molar-refractivity contribution >= 4 is 34.9 Å². The molecular weight excluding hydrogens is 294 g/mol.